The normalized spacial score (nSPS) is 11.1. The molecule has 156 valence electrons. The van der Waals surface area contributed by atoms with Gasteiger partial charge in [-0.1, -0.05) is 25.1 Å². The number of nitrogens with one attached hydrogen (secondary N) is 1. The number of methoxy groups -OCH3 is 1. The molecule has 0 aliphatic heterocycles. The van der Waals surface area contributed by atoms with Gasteiger partial charge in [0.1, 0.15) is 5.75 Å². The highest BCUT2D eigenvalue weighted by atomic mass is 32.2. The SMILES string of the molecule is CCc1ccccc1-n1c(C)cc(/C=N/NC(=O)CSc2ccc(OC)cc2)c1C. The van der Waals surface area contributed by atoms with Gasteiger partial charge in [0.15, 0.2) is 0 Å². The molecule has 0 radical (unpaired) electrons. The van der Waals surface area contributed by atoms with Crippen LogP contribution in [0.2, 0.25) is 0 Å². The van der Waals surface area contributed by atoms with Gasteiger partial charge >= 0.3 is 0 Å². The summed E-state index contributed by atoms with van der Waals surface area (Å²) in [6.45, 7) is 6.32. The molecule has 0 aliphatic rings. The lowest BCUT2D eigenvalue weighted by molar-refractivity contribution is -0.118. The average Bonchev–Trinajstić information content (AvgIpc) is 3.05. The van der Waals surface area contributed by atoms with Gasteiger partial charge in [-0.05, 0) is 62.2 Å². The lowest BCUT2D eigenvalue weighted by atomic mass is 10.1. The molecule has 0 aliphatic carbocycles. The van der Waals surface area contributed by atoms with E-state index in [1.807, 2.05) is 24.3 Å². The molecule has 5 nitrogen and oxygen atoms in total. The van der Waals surface area contributed by atoms with Crippen LogP contribution < -0.4 is 10.2 Å². The summed E-state index contributed by atoms with van der Waals surface area (Å²) < 4.78 is 7.38. The number of hydrogen-bond acceptors (Lipinski definition) is 4. The number of carbonyl (C=O) groups is 1. The second kappa shape index (κ2) is 10.2. The maximum Gasteiger partial charge on any atom is 0.250 e. The fourth-order valence-electron chi connectivity index (χ4n) is 3.34. The Morgan fingerprint density at radius 2 is 1.90 bits per heavy atom. The maximum atomic E-state index is 12.1. The summed E-state index contributed by atoms with van der Waals surface area (Å²) in [4.78, 5) is 13.1. The zero-order valence-corrected chi connectivity index (χ0v) is 18.6. The first kappa shape index (κ1) is 21.7. The molecule has 1 aromatic heterocycles. The van der Waals surface area contributed by atoms with Crippen LogP contribution in [0, 0.1) is 13.8 Å². The minimum Gasteiger partial charge on any atom is -0.497 e. The topological polar surface area (TPSA) is 55.6 Å². The van der Waals surface area contributed by atoms with Crippen LogP contribution >= 0.6 is 11.8 Å². The Balaban J connectivity index is 1.63. The third-order valence-electron chi connectivity index (χ3n) is 4.91. The largest absolute Gasteiger partial charge is 0.497 e. The Kier molecular flexibility index (Phi) is 7.36. The van der Waals surface area contributed by atoms with Gasteiger partial charge in [-0.25, -0.2) is 5.43 Å². The molecule has 0 atom stereocenters. The van der Waals surface area contributed by atoms with Gasteiger partial charge in [-0.3, -0.25) is 4.79 Å². The lowest BCUT2D eigenvalue weighted by Gasteiger charge is -2.13. The monoisotopic (exact) mass is 421 g/mol. The standard InChI is InChI=1S/C24H27N3O2S/c1-5-19-8-6-7-9-23(19)27-17(2)14-20(18(27)3)15-25-26-24(28)16-30-22-12-10-21(29-4)11-13-22/h6-15H,5,16H2,1-4H3,(H,26,28)/b25-15+. The quantitative estimate of drug-likeness (QED) is 0.319. The highest BCUT2D eigenvalue weighted by Crippen LogP contribution is 2.23. The predicted molar refractivity (Wildman–Crippen MR) is 124 cm³/mol. The molecular formula is C24H27N3O2S. The van der Waals surface area contributed by atoms with E-state index in [9.17, 15) is 4.79 Å². The van der Waals surface area contributed by atoms with Crippen LogP contribution in [0.25, 0.3) is 5.69 Å². The molecule has 2 aromatic carbocycles. The number of benzene rings is 2. The van der Waals surface area contributed by atoms with Gasteiger partial charge in [-0.2, -0.15) is 5.10 Å². The second-order valence-electron chi connectivity index (χ2n) is 6.90. The van der Waals surface area contributed by atoms with Crippen LogP contribution in [-0.2, 0) is 11.2 Å². The Bertz CT molecular complexity index is 1040. The second-order valence-corrected chi connectivity index (χ2v) is 7.95. The van der Waals surface area contributed by atoms with Crippen molar-refractivity contribution >= 4 is 23.9 Å². The minimum absolute atomic E-state index is 0.141. The summed E-state index contributed by atoms with van der Waals surface area (Å²) >= 11 is 1.46. The Morgan fingerprint density at radius 3 is 2.60 bits per heavy atom. The van der Waals surface area contributed by atoms with E-state index in [-0.39, 0.29) is 5.91 Å². The van der Waals surface area contributed by atoms with Gasteiger partial charge in [0.05, 0.1) is 19.1 Å². The molecule has 1 N–H and O–H groups in total. The number of para-hydroxylation sites is 1. The van der Waals surface area contributed by atoms with Gasteiger partial charge in [-0.15, -0.1) is 11.8 Å². The van der Waals surface area contributed by atoms with Crippen LogP contribution in [0.5, 0.6) is 5.75 Å². The molecule has 0 bridgehead atoms. The van der Waals surface area contributed by atoms with E-state index in [1.54, 1.807) is 13.3 Å². The lowest BCUT2D eigenvalue weighted by Crippen LogP contribution is -2.19. The molecule has 0 saturated carbocycles. The van der Waals surface area contributed by atoms with Crippen molar-refractivity contribution in [2.24, 2.45) is 5.10 Å². The summed E-state index contributed by atoms with van der Waals surface area (Å²) in [5.41, 5.74) is 8.32. The van der Waals surface area contributed by atoms with Crippen molar-refractivity contribution in [1.29, 1.82) is 0 Å². The van der Waals surface area contributed by atoms with Crippen molar-refractivity contribution < 1.29 is 9.53 Å². The van der Waals surface area contributed by atoms with E-state index in [0.717, 1.165) is 34.0 Å². The van der Waals surface area contributed by atoms with Crippen molar-refractivity contribution in [2.45, 2.75) is 32.1 Å². The predicted octanol–water partition coefficient (Wildman–Crippen LogP) is 4.91. The van der Waals surface area contributed by atoms with E-state index < -0.39 is 0 Å². The summed E-state index contributed by atoms with van der Waals surface area (Å²) in [6, 6.07) is 18.1. The summed E-state index contributed by atoms with van der Waals surface area (Å²) in [6.07, 6.45) is 2.68. The number of aromatic nitrogens is 1. The summed E-state index contributed by atoms with van der Waals surface area (Å²) in [7, 11) is 1.63. The number of hydrogen-bond donors (Lipinski definition) is 1. The number of amides is 1. The van der Waals surface area contributed by atoms with Crippen LogP contribution in [0.4, 0.5) is 0 Å². The number of aryl methyl sites for hydroxylation is 2. The molecule has 1 heterocycles. The molecule has 1 amide bonds. The summed E-state index contributed by atoms with van der Waals surface area (Å²) in [5, 5.41) is 4.16. The first-order chi connectivity index (χ1) is 14.5. The number of thioether (sulfide) groups is 1. The smallest absolute Gasteiger partial charge is 0.250 e. The van der Waals surface area contributed by atoms with Gasteiger partial charge in [0.25, 0.3) is 0 Å². The van der Waals surface area contributed by atoms with Gasteiger partial charge in [0, 0.05) is 27.5 Å². The fraction of sp³-hybridized carbons (Fsp3) is 0.250. The van der Waals surface area contributed by atoms with Crippen LogP contribution in [-0.4, -0.2) is 29.6 Å². The van der Waals surface area contributed by atoms with E-state index in [4.69, 9.17) is 4.74 Å². The third-order valence-corrected chi connectivity index (χ3v) is 5.92. The van der Waals surface area contributed by atoms with E-state index in [0.29, 0.717) is 5.75 Å². The third kappa shape index (κ3) is 5.13. The molecular weight excluding hydrogens is 394 g/mol. The maximum absolute atomic E-state index is 12.1. The van der Waals surface area contributed by atoms with E-state index >= 15 is 0 Å². The summed E-state index contributed by atoms with van der Waals surface area (Å²) in [5.74, 6) is 0.955. The molecule has 0 spiro atoms. The van der Waals surface area contributed by atoms with Crippen LogP contribution in [0.15, 0.2) is 64.6 Å². The zero-order valence-electron chi connectivity index (χ0n) is 17.8. The molecule has 3 aromatic rings. The van der Waals surface area contributed by atoms with Crippen LogP contribution in [0.1, 0.15) is 29.4 Å². The Morgan fingerprint density at radius 1 is 1.17 bits per heavy atom. The highest BCUT2D eigenvalue weighted by Gasteiger charge is 2.12. The van der Waals surface area contributed by atoms with Crippen molar-refractivity contribution in [3.8, 4) is 11.4 Å². The van der Waals surface area contributed by atoms with Crippen molar-refractivity contribution in [3.63, 3.8) is 0 Å². The molecule has 0 unspecified atom stereocenters. The minimum atomic E-state index is -0.141. The molecule has 0 saturated heterocycles. The van der Waals surface area contributed by atoms with E-state index in [2.05, 4.69) is 66.2 Å². The molecule has 3 rings (SSSR count). The van der Waals surface area contributed by atoms with E-state index in [1.165, 1.54) is 23.0 Å². The number of ether oxygens (including phenoxy) is 1. The highest BCUT2D eigenvalue weighted by molar-refractivity contribution is 8.00. The van der Waals surface area contributed by atoms with Crippen molar-refractivity contribution in [1.82, 2.24) is 9.99 Å². The van der Waals surface area contributed by atoms with Gasteiger partial charge in [0.2, 0.25) is 5.91 Å². The zero-order chi connectivity index (χ0) is 21.5. The number of rotatable bonds is 8. The first-order valence-electron chi connectivity index (χ1n) is 9.89. The molecule has 30 heavy (non-hydrogen) atoms. The Labute approximate surface area is 182 Å². The van der Waals surface area contributed by atoms with Crippen molar-refractivity contribution in [3.05, 3.63) is 77.1 Å². The van der Waals surface area contributed by atoms with Crippen LogP contribution in [0.3, 0.4) is 0 Å². The first-order valence-corrected chi connectivity index (χ1v) is 10.9. The Hall–Kier alpha value is -2.99. The van der Waals surface area contributed by atoms with Crippen molar-refractivity contribution in [2.75, 3.05) is 12.9 Å². The number of hydrazone groups is 1. The molecule has 6 heteroatoms. The number of carbonyl (C=O) groups excluding carboxylic acids is 1. The average molecular weight is 422 g/mol. The molecule has 0 fully saturated rings. The number of nitrogens with zero attached hydrogens (tertiary/aromatic N) is 2. The fourth-order valence-corrected chi connectivity index (χ4v) is 4.03. The van der Waals surface area contributed by atoms with Gasteiger partial charge < -0.3 is 9.30 Å².